The van der Waals surface area contributed by atoms with Crippen LogP contribution in [0.5, 0.6) is 5.75 Å². The van der Waals surface area contributed by atoms with Crippen LogP contribution in [0.15, 0.2) is 30.3 Å². The maximum absolute atomic E-state index is 12.7. The van der Waals surface area contributed by atoms with E-state index in [2.05, 4.69) is 0 Å². The van der Waals surface area contributed by atoms with Crippen LogP contribution in [0, 0.1) is 0 Å². The van der Waals surface area contributed by atoms with E-state index in [1.165, 1.54) is 0 Å². The molecule has 1 heterocycles. The van der Waals surface area contributed by atoms with Crippen molar-refractivity contribution in [1.82, 2.24) is 0 Å². The fraction of sp³-hybridized carbons (Fsp3) is 0.450. The number of phenols is 1. The van der Waals surface area contributed by atoms with Gasteiger partial charge in [0.15, 0.2) is 0 Å². The van der Waals surface area contributed by atoms with Gasteiger partial charge in [0.25, 0.3) is 0 Å². The van der Waals surface area contributed by atoms with E-state index in [1.807, 2.05) is 45.0 Å². The predicted octanol–water partition coefficient (Wildman–Crippen LogP) is 3.98. The number of anilines is 1. The highest BCUT2D eigenvalue weighted by Crippen LogP contribution is 2.38. The molecule has 0 saturated heterocycles. The van der Waals surface area contributed by atoms with Crippen LogP contribution >= 0.6 is 0 Å². The molecular weight excluding hydrogens is 318 g/mol. The highest BCUT2D eigenvalue weighted by molar-refractivity contribution is 5.99. The number of fused-ring (bicyclic) bond motifs is 3. The summed E-state index contributed by atoms with van der Waals surface area (Å²) >= 11 is 0. The number of phenolic OH excluding ortho intramolecular Hbond substituents is 1. The second kappa shape index (κ2) is 6.56. The lowest BCUT2D eigenvalue weighted by molar-refractivity contribution is 0.0574. The lowest BCUT2D eigenvalue weighted by Gasteiger charge is -2.32. The van der Waals surface area contributed by atoms with E-state index < -0.39 is 17.8 Å². The maximum Gasteiger partial charge on any atom is 0.414 e. The summed E-state index contributed by atoms with van der Waals surface area (Å²) in [5, 5.41) is 22.3. The molecule has 0 fully saturated rings. The van der Waals surface area contributed by atoms with Gasteiger partial charge in [0.05, 0.1) is 11.8 Å². The molecule has 0 unspecified atom stereocenters. The van der Waals surface area contributed by atoms with Gasteiger partial charge in [0.2, 0.25) is 0 Å². The average molecular weight is 343 g/mol. The molecular formula is C20H25NO4. The SMILES string of the molecule is CC(C)(C)OC(=O)N1CCC[C@@H](O)Cc2c1cc(O)c1ccccc21. The summed E-state index contributed by atoms with van der Waals surface area (Å²) < 4.78 is 5.55. The Morgan fingerprint density at radius 3 is 2.60 bits per heavy atom. The third-order valence-electron chi connectivity index (χ3n) is 4.37. The van der Waals surface area contributed by atoms with Gasteiger partial charge >= 0.3 is 6.09 Å². The average Bonchev–Trinajstić information content (AvgIpc) is 2.51. The number of benzene rings is 2. The monoisotopic (exact) mass is 343 g/mol. The van der Waals surface area contributed by atoms with E-state index in [9.17, 15) is 15.0 Å². The van der Waals surface area contributed by atoms with Crippen LogP contribution in [-0.2, 0) is 11.2 Å². The van der Waals surface area contributed by atoms with Crippen LogP contribution in [0.2, 0.25) is 0 Å². The quantitative estimate of drug-likeness (QED) is 0.759. The molecule has 0 aliphatic carbocycles. The highest BCUT2D eigenvalue weighted by Gasteiger charge is 2.29. The van der Waals surface area contributed by atoms with Crippen molar-refractivity contribution in [2.75, 3.05) is 11.4 Å². The minimum absolute atomic E-state index is 0.123. The number of aliphatic hydroxyl groups excluding tert-OH is 1. The van der Waals surface area contributed by atoms with Gasteiger partial charge in [0, 0.05) is 24.4 Å². The van der Waals surface area contributed by atoms with Crippen LogP contribution in [-0.4, -0.2) is 34.6 Å². The zero-order chi connectivity index (χ0) is 18.2. The van der Waals surface area contributed by atoms with Crippen LogP contribution in [0.25, 0.3) is 10.8 Å². The number of nitrogens with zero attached hydrogens (tertiary/aromatic N) is 1. The van der Waals surface area contributed by atoms with E-state index in [1.54, 1.807) is 11.0 Å². The van der Waals surface area contributed by atoms with Crippen molar-refractivity contribution < 1.29 is 19.7 Å². The number of rotatable bonds is 0. The molecule has 2 aromatic rings. The zero-order valence-corrected chi connectivity index (χ0v) is 15.0. The van der Waals surface area contributed by atoms with Gasteiger partial charge in [0.1, 0.15) is 11.4 Å². The molecule has 3 rings (SSSR count). The van der Waals surface area contributed by atoms with Gasteiger partial charge in [-0.1, -0.05) is 24.3 Å². The summed E-state index contributed by atoms with van der Waals surface area (Å²) in [6.45, 7) is 5.93. The second-order valence-corrected chi connectivity index (χ2v) is 7.57. The number of ether oxygens (including phenoxy) is 1. The standard InChI is InChI=1S/C20H25NO4/c1-20(2,3)25-19(24)21-10-6-7-13(22)11-16-14-8-4-5-9-15(14)18(23)12-17(16)21/h4-5,8-9,12-13,22-23H,6-7,10-11H2,1-3H3/t13-/m1/s1. The molecule has 1 aliphatic rings. The Morgan fingerprint density at radius 1 is 1.24 bits per heavy atom. The van der Waals surface area contributed by atoms with Crippen LogP contribution in [0.1, 0.15) is 39.2 Å². The van der Waals surface area contributed by atoms with Crippen molar-refractivity contribution in [3.63, 3.8) is 0 Å². The first-order valence-corrected chi connectivity index (χ1v) is 8.68. The summed E-state index contributed by atoms with van der Waals surface area (Å²) in [5.41, 5.74) is 0.883. The lowest BCUT2D eigenvalue weighted by Crippen LogP contribution is -2.39. The molecule has 5 nitrogen and oxygen atoms in total. The van der Waals surface area contributed by atoms with Crippen molar-refractivity contribution in [2.24, 2.45) is 0 Å². The Balaban J connectivity index is 2.15. The molecule has 134 valence electrons. The van der Waals surface area contributed by atoms with Crippen LogP contribution in [0.4, 0.5) is 10.5 Å². The molecule has 2 N–H and O–H groups in total. The Labute approximate surface area is 147 Å². The van der Waals surface area contributed by atoms with Gasteiger partial charge in [-0.05, 0) is 44.6 Å². The largest absolute Gasteiger partial charge is 0.507 e. The van der Waals surface area contributed by atoms with Crippen molar-refractivity contribution in [3.05, 3.63) is 35.9 Å². The molecule has 0 spiro atoms. The molecule has 0 bridgehead atoms. The van der Waals surface area contributed by atoms with Crippen molar-refractivity contribution >= 4 is 22.6 Å². The number of hydrogen-bond acceptors (Lipinski definition) is 4. The summed E-state index contributed by atoms with van der Waals surface area (Å²) in [5.74, 6) is 0.123. The molecule has 1 aliphatic heterocycles. The fourth-order valence-electron chi connectivity index (χ4n) is 3.31. The Morgan fingerprint density at radius 2 is 1.92 bits per heavy atom. The third-order valence-corrected chi connectivity index (χ3v) is 4.37. The summed E-state index contributed by atoms with van der Waals surface area (Å²) in [6, 6.07) is 9.12. The Bertz CT molecular complexity index is 794. The first-order valence-electron chi connectivity index (χ1n) is 8.68. The van der Waals surface area contributed by atoms with E-state index >= 15 is 0 Å². The number of carbonyl (C=O) groups excluding carboxylic acids is 1. The van der Waals surface area contributed by atoms with E-state index in [0.29, 0.717) is 31.5 Å². The van der Waals surface area contributed by atoms with E-state index in [0.717, 1.165) is 16.3 Å². The second-order valence-electron chi connectivity index (χ2n) is 7.57. The van der Waals surface area contributed by atoms with E-state index in [-0.39, 0.29) is 5.75 Å². The van der Waals surface area contributed by atoms with Crippen molar-refractivity contribution in [1.29, 1.82) is 0 Å². The lowest BCUT2D eigenvalue weighted by atomic mass is 9.93. The van der Waals surface area contributed by atoms with Gasteiger partial charge < -0.3 is 14.9 Å². The van der Waals surface area contributed by atoms with Crippen molar-refractivity contribution in [2.45, 2.75) is 51.7 Å². The van der Waals surface area contributed by atoms with Crippen molar-refractivity contribution in [3.8, 4) is 5.75 Å². The van der Waals surface area contributed by atoms with Gasteiger partial charge in [-0.3, -0.25) is 4.90 Å². The summed E-state index contributed by atoms with van der Waals surface area (Å²) in [7, 11) is 0. The zero-order valence-electron chi connectivity index (χ0n) is 15.0. The molecule has 2 aromatic carbocycles. The molecule has 0 radical (unpaired) electrons. The summed E-state index contributed by atoms with van der Waals surface area (Å²) in [4.78, 5) is 14.3. The first-order chi connectivity index (χ1) is 11.8. The molecule has 0 aromatic heterocycles. The third kappa shape index (κ3) is 3.71. The van der Waals surface area contributed by atoms with Gasteiger partial charge in [-0.2, -0.15) is 0 Å². The molecule has 1 amide bonds. The van der Waals surface area contributed by atoms with Crippen LogP contribution < -0.4 is 4.90 Å². The number of amides is 1. The maximum atomic E-state index is 12.7. The van der Waals surface area contributed by atoms with Gasteiger partial charge in [-0.25, -0.2) is 4.79 Å². The first kappa shape index (κ1) is 17.5. The normalized spacial score (nSPS) is 18.4. The predicted molar refractivity (Wildman–Crippen MR) is 98.1 cm³/mol. The molecule has 0 saturated carbocycles. The summed E-state index contributed by atoms with van der Waals surface area (Å²) in [6.07, 6.45) is 0.837. The topological polar surface area (TPSA) is 70.0 Å². The van der Waals surface area contributed by atoms with Gasteiger partial charge in [-0.15, -0.1) is 0 Å². The minimum Gasteiger partial charge on any atom is -0.507 e. The number of hydrogen-bond donors (Lipinski definition) is 2. The highest BCUT2D eigenvalue weighted by atomic mass is 16.6. The molecule has 25 heavy (non-hydrogen) atoms. The Kier molecular flexibility index (Phi) is 4.60. The Hall–Kier alpha value is -2.27. The molecule has 5 heteroatoms. The number of aromatic hydroxyl groups is 1. The molecule has 1 atom stereocenters. The minimum atomic E-state index is -0.599. The van der Waals surface area contributed by atoms with Crippen LogP contribution in [0.3, 0.4) is 0 Å². The smallest absolute Gasteiger partial charge is 0.414 e. The fourth-order valence-corrected chi connectivity index (χ4v) is 3.31. The number of carbonyl (C=O) groups is 1. The number of aliphatic hydroxyl groups is 1. The van der Waals surface area contributed by atoms with E-state index in [4.69, 9.17) is 4.74 Å².